The summed E-state index contributed by atoms with van der Waals surface area (Å²) in [7, 11) is -3.97. The zero-order valence-corrected chi connectivity index (χ0v) is 14.1. The number of ether oxygens (including phenoxy) is 1. The van der Waals surface area contributed by atoms with Crippen LogP contribution in [0.3, 0.4) is 0 Å². The van der Waals surface area contributed by atoms with Crippen molar-refractivity contribution in [1.29, 1.82) is 0 Å². The fourth-order valence-corrected chi connectivity index (χ4v) is 5.09. The van der Waals surface area contributed by atoms with Gasteiger partial charge < -0.3 is 9.84 Å². The van der Waals surface area contributed by atoms with Gasteiger partial charge in [0.05, 0.1) is 18.7 Å². The molecule has 0 spiro atoms. The van der Waals surface area contributed by atoms with Crippen molar-refractivity contribution < 1.29 is 32.6 Å². The van der Waals surface area contributed by atoms with Crippen LogP contribution in [0.25, 0.3) is 0 Å². The molecule has 0 aromatic rings. The van der Waals surface area contributed by atoms with Gasteiger partial charge in [-0.15, -0.1) is 0 Å². The van der Waals surface area contributed by atoms with Crippen LogP contribution in [-0.2, 0) is 24.2 Å². The summed E-state index contributed by atoms with van der Waals surface area (Å²) < 4.78 is 33.8. The number of carboxylic acids is 1. The highest BCUT2D eigenvalue weighted by atomic mass is 32.2. The summed E-state index contributed by atoms with van der Waals surface area (Å²) in [6.07, 6.45) is -0.788. The van der Waals surface area contributed by atoms with Crippen LogP contribution in [0, 0.1) is 0 Å². The third-order valence-corrected chi connectivity index (χ3v) is 6.96. The molecular weight excluding hydrogens is 350 g/mol. The first-order valence-corrected chi connectivity index (χ1v) is 8.85. The molecule has 0 aliphatic carbocycles. The SMILES string of the molecule is CCOC(=O)NSN=C1C(=O)N2[C@@H](C(=O)O)C(C)(C)S(=O)(=O)[C@H]12. The standard InChI is InChI=1S/C11H15N3O7S2/c1-4-21-10(18)13-22-12-5-7(15)14-6(9(16)17)11(2,3)23(19,20)8(5)14/h6,8H,4H2,1-3H3,(H,13,18)(H,16,17)/t6-,8+/m0/s1. The number of amides is 2. The van der Waals surface area contributed by atoms with Gasteiger partial charge in [0.15, 0.2) is 27.0 Å². The number of rotatable bonds is 4. The second-order valence-electron chi connectivity index (χ2n) is 5.34. The number of carbonyl (C=O) groups excluding carboxylic acids is 2. The minimum absolute atomic E-state index is 0.140. The molecule has 10 nitrogen and oxygen atoms in total. The number of β-lactam (4-membered cyclic amide) rings is 1. The predicted molar refractivity (Wildman–Crippen MR) is 80.2 cm³/mol. The maximum absolute atomic E-state index is 12.5. The molecule has 2 aliphatic rings. The second-order valence-corrected chi connectivity index (χ2v) is 8.50. The monoisotopic (exact) mass is 365 g/mol. The molecule has 12 heteroatoms. The summed E-state index contributed by atoms with van der Waals surface area (Å²) in [6.45, 7) is 4.26. The van der Waals surface area contributed by atoms with Crippen molar-refractivity contribution in [2.45, 2.75) is 36.9 Å². The number of hydrogen-bond donors (Lipinski definition) is 2. The molecule has 2 heterocycles. The van der Waals surface area contributed by atoms with Gasteiger partial charge in [0.25, 0.3) is 5.91 Å². The van der Waals surface area contributed by atoms with E-state index in [0.29, 0.717) is 12.1 Å². The van der Waals surface area contributed by atoms with Crippen molar-refractivity contribution in [2.24, 2.45) is 4.40 Å². The molecule has 2 saturated heterocycles. The summed E-state index contributed by atoms with van der Waals surface area (Å²) in [5.41, 5.74) is -0.316. The highest BCUT2D eigenvalue weighted by molar-refractivity contribution is 7.97. The van der Waals surface area contributed by atoms with Crippen molar-refractivity contribution in [2.75, 3.05) is 6.61 Å². The molecular formula is C11H15N3O7S2. The van der Waals surface area contributed by atoms with Crippen LogP contribution in [0.2, 0.25) is 0 Å². The first-order valence-electron chi connectivity index (χ1n) is 6.53. The van der Waals surface area contributed by atoms with Crippen LogP contribution < -0.4 is 4.72 Å². The first-order chi connectivity index (χ1) is 10.6. The van der Waals surface area contributed by atoms with Crippen LogP contribution in [0.1, 0.15) is 20.8 Å². The zero-order chi connectivity index (χ0) is 17.6. The van der Waals surface area contributed by atoms with E-state index < -0.39 is 44.0 Å². The van der Waals surface area contributed by atoms with Crippen molar-refractivity contribution in [3.05, 3.63) is 0 Å². The van der Waals surface area contributed by atoms with Gasteiger partial charge in [0.1, 0.15) is 4.75 Å². The molecule has 2 aliphatic heterocycles. The number of nitrogens with zero attached hydrogens (tertiary/aromatic N) is 2. The highest BCUT2D eigenvalue weighted by Crippen LogP contribution is 2.44. The Morgan fingerprint density at radius 2 is 2.09 bits per heavy atom. The minimum atomic E-state index is -3.97. The molecule has 0 bridgehead atoms. The Kier molecular flexibility index (Phi) is 4.32. The molecule has 128 valence electrons. The summed E-state index contributed by atoms with van der Waals surface area (Å²) in [4.78, 5) is 35.3. The Morgan fingerprint density at radius 1 is 1.48 bits per heavy atom. The normalized spacial score (nSPS) is 28.9. The summed E-state index contributed by atoms with van der Waals surface area (Å²) in [5, 5.41) is 7.82. The van der Waals surface area contributed by atoms with E-state index in [1.807, 2.05) is 0 Å². The Labute approximate surface area is 136 Å². The third kappa shape index (κ3) is 2.45. The van der Waals surface area contributed by atoms with Crippen LogP contribution >= 0.6 is 12.1 Å². The Hall–Kier alpha value is -1.82. The molecule has 0 aromatic carbocycles. The maximum Gasteiger partial charge on any atom is 0.418 e. The molecule has 0 unspecified atom stereocenters. The van der Waals surface area contributed by atoms with Crippen LogP contribution in [-0.4, -0.2) is 64.9 Å². The molecule has 2 rings (SSSR count). The van der Waals surface area contributed by atoms with Crippen LogP contribution in [0.5, 0.6) is 0 Å². The van der Waals surface area contributed by atoms with E-state index in [2.05, 4.69) is 13.9 Å². The van der Waals surface area contributed by atoms with E-state index >= 15 is 0 Å². The van der Waals surface area contributed by atoms with E-state index in [1.165, 1.54) is 13.8 Å². The highest BCUT2D eigenvalue weighted by Gasteiger charge is 2.71. The Morgan fingerprint density at radius 3 is 2.61 bits per heavy atom. The van der Waals surface area contributed by atoms with Gasteiger partial charge in [0, 0.05) is 0 Å². The number of sulfone groups is 1. The van der Waals surface area contributed by atoms with Gasteiger partial charge in [-0.05, 0) is 20.8 Å². The van der Waals surface area contributed by atoms with E-state index in [9.17, 15) is 27.9 Å². The van der Waals surface area contributed by atoms with E-state index in [-0.39, 0.29) is 12.3 Å². The quantitative estimate of drug-likeness (QED) is 0.504. The van der Waals surface area contributed by atoms with Gasteiger partial charge in [-0.25, -0.2) is 22.7 Å². The van der Waals surface area contributed by atoms with E-state index in [0.717, 1.165) is 4.90 Å². The lowest BCUT2D eigenvalue weighted by molar-refractivity contribution is -0.150. The number of nitrogens with one attached hydrogen (secondary N) is 1. The van der Waals surface area contributed by atoms with Gasteiger partial charge >= 0.3 is 12.1 Å². The topological polar surface area (TPSA) is 142 Å². The number of fused-ring (bicyclic) bond motifs is 1. The number of carboxylic acid groups (broad SMARTS) is 1. The van der Waals surface area contributed by atoms with Gasteiger partial charge in [-0.1, -0.05) is 0 Å². The van der Waals surface area contributed by atoms with Crippen molar-refractivity contribution in [3.8, 4) is 0 Å². The number of aliphatic carboxylic acids is 1. The molecule has 23 heavy (non-hydrogen) atoms. The smallest absolute Gasteiger partial charge is 0.418 e. The van der Waals surface area contributed by atoms with Crippen LogP contribution in [0.15, 0.2) is 4.40 Å². The van der Waals surface area contributed by atoms with Gasteiger partial charge in [-0.3, -0.25) is 9.69 Å². The minimum Gasteiger partial charge on any atom is -0.480 e. The third-order valence-electron chi connectivity index (χ3n) is 3.69. The van der Waals surface area contributed by atoms with Gasteiger partial charge in [-0.2, -0.15) is 4.40 Å². The molecule has 0 radical (unpaired) electrons. The van der Waals surface area contributed by atoms with E-state index in [1.54, 1.807) is 6.92 Å². The van der Waals surface area contributed by atoms with Gasteiger partial charge in [0.2, 0.25) is 0 Å². The molecule has 0 aromatic heterocycles. The largest absolute Gasteiger partial charge is 0.480 e. The maximum atomic E-state index is 12.5. The molecule has 2 N–H and O–H groups in total. The van der Waals surface area contributed by atoms with Crippen molar-refractivity contribution in [3.63, 3.8) is 0 Å². The molecule has 0 saturated carbocycles. The fraction of sp³-hybridized carbons (Fsp3) is 0.636. The second kappa shape index (κ2) is 5.67. The lowest BCUT2D eigenvalue weighted by atomic mass is 9.98. The van der Waals surface area contributed by atoms with Crippen molar-refractivity contribution >= 4 is 45.7 Å². The predicted octanol–water partition coefficient (Wildman–Crippen LogP) is -0.435. The summed E-state index contributed by atoms with van der Waals surface area (Å²) >= 11 is 0.452. The Bertz CT molecular complexity index is 700. The Balaban J connectivity index is 2.25. The fourth-order valence-electron chi connectivity index (χ4n) is 2.51. The van der Waals surface area contributed by atoms with E-state index in [4.69, 9.17) is 0 Å². The lowest BCUT2D eigenvalue weighted by Gasteiger charge is -2.36. The molecule has 2 amide bonds. The van der Waals surface area contributed by atoms with Crippen molar-refractivity contribution in [1.82, 2.24) is 9.62 Å². The summed E-state index contributed by atoms with van der Waals surface area (Å²) in [5.74, 6) is -2.18. The first kappa shape index (κ1) is 17.5. The zero-order valence-electron chi connectivity index (χ0n) is 12.5. The average Bonchev–Trinajstić information content (AvgIpc) is 2.57. The average molecular weight is 365 g/mol. The summed E-state index contributed by atoms with van der Waals surface area (Å²) in [6, 6.07) is -1.48. The molecule has 2 atom stereocenters. The molecule has 2 fully saturated rings. The van der Waals surface area contributed by atoms with Crippen LogP contribution in [0.4, 0.5) is 4.79 Å². The number of hydrogen-bond acceptors (Lipinski definition) is 8. The lowest BCUT2D eigenvalue weighted by Crippen LogP contribution is -2.64. The number of carbonyl (C=O) groups is 3.